The molecule has 0 spiro atoms. The van der Waals surface area contributed by atoms with Gasteiger partial charge in [-0.15, -0.1) is 0 Å². The number of rotatable bonds is 3. The van der Waals surface area contributed by atoms with E-state index in [9.17, 15) is 9.59 Å². The quantitative estimate of drug-likeness (QED) is 0.774. The van der Waals surface area contributed by atoms with Gasteiger partial charge in [-0.05, 0) is 11.6 Å². The highest BCUT2D eigenvalue weighted by atomic mass is 32.1. The van der Waals surface area contributed by atoms with Crippen LogP contribution in [0.2, 0.25) is 0 Å². The summed E-state index contributed by atoms with van der Waals surface area (Å²) in [7, 11) is 0. The molecule has 1 aromatic carbocycles. The molecule has 0 unspecified atom stereocenters. The monoisotopic (exact) mass is 261 g/mol. The van der Waals surface area contributed by atoms with Crippen LogP contribution in [-0.2, 0) is 6.54 Å². The molecular weight excluding hydrogens is 250 g/mol. The van der Waals surface area contributed by atoms with E-state index in [0.29, 0.717) is 4.99 Å². The molecule has 2 rings (SSSR count). The third kappa shape index (κ3) is 2.72. The maximum atomic E-state index is 11.5. The van der Waals surface area contributed by atoms with Crippen molar-refractivity contribution in [2.45, 2.75) is 6.54 Å². The molecule has 0 saturated carbocycles. The molecule has 0 atom stereocenters. The van der Waals surface area contributed by atoms with Crippen molar-refractivity contribution >= 4 is 17.2 Å². The van der Waals surface area contributed by atoms with Crippen LogP contribution in [-0.4, -0.2) is 14.8 Å². The van der Waals surface area contributed by atoms with Crippen LogP contribution in [0, 0.1) is 0 Å². The van der Waals surface area contributed by atoms with Gasteiger partial charge in [-0.3, -0.25) is 14.7 Å². The van der Waals surface area contributed by atoms with E-state index in [2.05, 4.69) is 5.10 Å². The van der Waals surface area contributed by atoms with E-state index in [4.69, 9.17) is 18.0 Å². The summed E-state index contributed by atoms with van der Waals surface area (Å²) in [6, 6.07) is 9.65. The summed E-state index contributed by atoms with van der Waals surface area (Å²) in [5, 5.41) is 2.46. The van der Waals surface area contributed by atoms with Crippen molar-refractivity contribution in [3.63, 3.8) is 0 Å². The number of aromatic amines is 1. The van der Waals surface area contributed by atoms with Gasteiger partial charge in [0.05, 0.1) is 6.54 Å². The molecule has 5 nitrogen and oxygen atoms in total. The van der Waals surface area contributed by atoms with Gasteiger partial charge < -0.3 is 5.73 Å². The molecule has 0 saturated heterocycles. The zero-order valence-electron chi connectivity index (χ0n) is 9.42. The molecule has 3 N–H and O–H groups in total. The Balaban J connectivity index is 2.37. The van der Waals surface area contributed by atoms with E-state index in [1.807, 2.05) is 6.07 Å². The minimum atomic E-state index is -0.319. The van der Waals surface area contributed by atoms with Gasteiger partial charge in [-0.25, -0.2) is 4.68 Å². The molecule has 0 amide bonds. The number of aromatic nitrogens is 2. The zero-order valence-corrected chi connectivity index (χ0v) is 10.2. The van der Waals surface area contributed by atoms with Crippen molar-refractivity contribution in [2.24, 2.45) is 5.73 Å². The van der Waals surface area contributed by atoms with Gasteiger partial charge in [0.15, 0.2) is 0 Å². The first-order valence-corrected chi connectivity index (χ1v) is 5.66. The predicted octanol–water partition coefficient (Wildman–Crippen LogP) is 0.219. The Morgan fingerprint density at radius 3 is 2.78 bits per heavy atom. The Bertz CT molecular complexity index is 703. The Morgan fingerprint density at radius 1 is 1.28 bits per heavy atom. The summed E-state index contributed by atoms with van der Waals surface area (Å²) in [6.45, 7) is 0.269. The lowest BCUT2D eigenvalue weighted by Crippen LogP contribution is -2.28. The van der Waals surface area contributed by atoms with Crippen LogP contribution in [0.15, 0.2) is 46.0 Å². The largest absolute Gasteiger partial charge is 0.389 e. The summed E-state index contributed by atoms with van der Waals surface area (Å²) in [6.07, 6.45) is 0. The number of hydrogen-bond donors (Lipinski definition) is 2. The molecule has 0 aliphatic rings. The van der Waals surface area contributed by atoms with Crippen molar-refractivity contribution in [3.8, 4) is 0 Å². The lowest BCUT2D eigenvalue weighted by atomic mass is 10.1. The third-order valence-electron chi connectivity index (χ3n) is 2.44. The van der Waals surface area contributed by atoms with Crippen LogP contribution in [0.5, 0.6) is 0 Å². The number of H-pyrrole nitrogens is 1. The van der Waals surface area contributed by atoms with Crippen molar-refractivity contribution < 1.29 is 0 Å². The minimum absolute atomic E-state index is 0.268. The fraction of sp³-hybridized carbons (Fsp3) is 0.0833. The Morgan fingerprint density at radius 2 is 2.06 bits per heavy atom. The standard InChI is InChI=1S/C12H11N3O2S/c13-12(18)9-3-1-2-8(6-9)7-15-11(17)5-4-10(16)14-15/h1-6H,7H2,(H2,13,18)(H,14,16). The van der Waals surface area contributed by atoms with E-state index in [1.165, 1.54) is 16.8 Å². The summed E-state index contributed by atoms with van der Waals surface area (Å²) in [5.74, 6) is 0. The second kappa shape index (κ2) is 4.97. The zero-order chi connectivity index (χ0) is 13.1. The predicted molar refractivity (Wildman–Crippen MR) is 72.8 cm³/mol. The van der Waals surface area contributed by atoms with Gasteiger partial charge in [0, 0.05) is 17.7 Å². The van der Waals surface area contributed by atoms with Crippen LogP contribution < -0.4 is 16.9 Å². The van der Waals surface area contributed by atoms with Crippen LogP contribution in [0.3, 0.4) is 0 Å². The van der Waals surface area contributed by atoms with Crippen LogP contribution in [0.25, 0.3) is 0 Å². The van der Waals surface area contributed by atoms with Gasteiger partial charge >= 0.3 is 0 Å². The first kappa shape index (κ1) is 12.3. The maximum Gasteiger partial charge on any atom is 0.265 e. The molecular formula is C12H11N3O2S. The van der Waals surface area contributed by atoms with Crippen molar-refractivity contribution in [3.05, 3.63) is 68.2 Å². The number of nitrogens with two attached hydrogens (primary N) is 1. The number of thiocarbonyl (C=S) groups is 1. The van der Waals surface area contributed by atoms with E-state index in [-0.39, 0.29) is 17.7 Å². The van der Waals surface area contributed by atoms with Gasteiger partial charge in [-0.1, -0.05) is 30.4 Å². The molecule has 1 heterocycles. The van der Waals surface area contributed by atoms with Gasteiger partial charge in [0.2, 0.25) is 0 Å². The second-order valence-electron chi connectivity index (χ2n) is 3.80. The van der Waals surface area contributed by atoms with Crippen molar-refractivity contribution in [1.29, 1.82) is 0 Å². The Hall–Kier alpha value is -2.21. The summed E-state index contributed by atoms with van der Waals surface area (Å²) in [5.41, 5.74) is 6.52. The van der Waals surface area contributed by atoms with Crippen LogP contribution in [0.1, 0.15) is 11.1 Å². The molecule has 0 aliphatic heterocycles. The number of nitrogens with zero attached hydrogens (tertiary/aromatic N) is 1. The fourth-order valence-corrected chi connectivity index (χ4v) is 1.71. The SMILES string of the molecule is NC(=S)c1cccc(Cn2[nH]c(=O)ccc2=O)c1. The molecule has 0 fully saturated rings. The van der Waals surface area contributed by atoms with E-state index < -0.39 is 0 Å². The number of hydrogen-bond acceptors (Lipinski definition) is 3. The molecule has 0 radical (unpaired) electrons. The van der Waals surface area contributed by atoms with E-state index in [1.54, 1.807) is 18.2 Å². The van der Waals surface area contributed by atoms with E-state index in [0.717, 1.165) is 11.1 Å². The van der Waals surface area contributed by atoms with E-state index >= 15 is 0 Å². The highest BCUT2D eigenvalue weighted by molar-refractivity contribution is 7.80. The maximum absolute atomic E-state index is 11.5. The third-order valence-corrected chi connectivity index (χ3v) is 2.68. The van der Waals surface area contributed by atoms with Gasteiger partial charge in [0.1, 0.15) is 4.99 Å². The highest BCUT2D eigenvalue weighted by Crippen LogP contribution is 2.05. The highest BCUT2D eigenvalue weighted by Gasteiger charge is 2.01. The Labute approximate surface area is 108 Å². The molecule has 0 aliphatic carbocycles. The normalized spacial score (nSPS) is 10.2. The van der Waals surface area contributed by atoms with Crippen LogP contribution >= 0.6 is 12.2 Å². The fourth-order valence-electron chi connectivity index (χ4n) is 1.59. The van der Waals surface area contributed by atoms with Crippen molar-refractivity contribution in [2.75, 3.05) is 0 Å². The molecule has 6 heteroatoms. The van der Waals surface area contributed by atoms with Crippen molar-refractivity contribution in [1.82, 2.24) is 9.78 Å². The van der Waals surface area contributed by atoms with Gasteiger partial charge in [-0.2, -0.15) is 0 Å². The first-order valence-electron chi connectivity index (χ1n) is 5.25. The van der Waals surface area contributed by atoms with Gasteiger partial charge in [0.25, 0.3) is 11.1 Å². The molecule has 1 aromatic heterocycles. The second-order valence-corrected chi connectivity index (χ2v) is 4.24. The summed E-state index contributed by atoms with van der Waals surface area (Å²) < 4.78 is 1.24. The van der Waals surface area contributed by atoms with Crippen LogP contribution in [0.4, 0.5) is 0 Å². The average Bonchev–Trinajstić information content (AvgIpc) is 2.34. The average molecular weight is 261 g/mol. The minimum Gasteiger partial charge on any atom is -0.389 e. The molecule has 2 aromatic rings. The molecule has 92 valence electrons. The smallest absolute Gasteiger partial charge is 0.265 e. The number of nitrogens with one attached hydrogen (secondary N) is 1. The summed E-state index contributed by atoms with van der Waals surface area (Å²) in [4.78, 5) is 23.0. The first-order chi connectivity index (χ1) is 8.56. The Kier molecular flexibility index (Phi) is 3.38. The lowest BCUT2D eigenvalue weighted by Gasteiger charge is -2.06. The molecule has 0 bridgehead atoms. The molecule has 18 heavy (non-hydrogen) atoms. The number of benzene rings is 1. The summed E-state index contributed by atoms with van der Waals surface area (Å²) >= 11 is 4.88. The lowest BCUT2D eigenvalue weighted by molar-refractivity contribution is 0.627. The topological polar surface area (TPSA) is 80.9 Å².